The maximum Gasteiger partial charge on any atom is 0.311 e. The number of anilines is 1. The number of rotatable bonds is 5. The van der Waals surface area contributed by atoms with E-state index in [1.54, 1.807) is 17.9 Å². The van der Waals surface area contributed by atoms with Crippen LogP contribution in [0, 0.1) is 5.82 Å². The number of hydrogen-bond acceptors (Lipinski definition) is 4. The van der Waals surface area contributed by atoms with E-state index in [1.807, 2.05) is 24.3 Å². The lowest BCUT2D eigenvalue weighted by Gasteiger charge is -2.21. The number of para-hydroxylation sites is 1. The Morgan fingerprint density at radius 2 is 2.00 bits per heavy atom. The summed E-state index contributed by atoms with van der Waals surface area (Å²) < 4.78 is 23.8. The summed E-state index contributed by atoms with van der Waals surface area (Å²) in [4.78, 5) is 26.4. The molecule has 1 atom stereocenters. The topological polar surface area (TPSA) is 55.8 Å². The van der Waals surface area contributed by atoms with Crippen molar-refractivity contribution < 1.29 is 23.5 Å². The molecule has 3 rings (SSSR count). The highest BCUT2D eigenvalue weighted by Gasteiger charge is 2.29. The molecule has 6 heteroatoms. The van der Waals surface area contributed by atoms with E-state index in [-0.39, 0.29) is 18.1 Å². The second-order valence-electron chi connectivity index (χ2n) is 6.15. The molecule has 0 aromatic heterocycles. The first-order valence-electron chi connectivity index (χ1n) is 8.40. The number of benzene rings is 2. The van der Waals surface area contributed by atoms with Gasteiger partial charge in [-0.3, -0.25) is 9.59 Å². The third-order valence-corrected chi connectivity index (χ3v) is 4.37. The summed E-state index contributed by atoms with van der Waals surface area (Å²) in [6.07, 6.45) is -0.236. The fraction of sp³-hybridized carbons (Fsp3) is 0.300. The quantitative estimate of drug-likeness (QED) is 0.772. The highest BCUT2D eigenvalue weighted by atomic mass is 19.1. The van der Waals surface area contributed by atoms with Crippen LogP contribution < -0.4 is 9.64 Å². The normalized spacial score (nSPS) is 13.9. The molecule has 0 radical (unpaired) electrons. The zero-order chi connectivity index (χ0) is 18.7. The Labute approximate surface area is 151 Å². The van der Waals surface area contributed by atoms with Crippen LogP contribution in [0.15, 0.2) is 42.5 Å². The minimum absolute atomic E-state index is 0.110. The Morgan fingerprint density at radius 1 is 1.23 bits per heavy atom. The maximum absolute atomic E-state index is 13.7. The molecule has 136 valence electrons. The van der Waals surface area contributed by atoms with Crippen molar-refractivity contribution in [3.05, 3.63) is 59.4 Å². The summed E-state index contributed by atoms with van der Waals surface area (Å²) in [6, 6.07) is 11.9. The molecule has 2 aromatic rings. The van der Waals surface area contributed by atoms with Crippen LogP contribution >= 0.6 is 0 Å². The predicted molar refractivity (Wildman–Crippen MR) is 94.7 cm³/mol. The van der Waals surface area contributed by atoms with Crippen LogP contribution in [-0.4, -0.2) is 31.6 Å². The number of carbonyl (C=O) groups is 2. The van der Waals surface area contributed by atoms with Crippen LogP contribution in [0.3, 0.4) is 0 Å². The van der Waals surface area contributed by atoms with Gasteiger partial charge >= 0.3 is 5.97 Å². The van der Waals surface area contributed by atoms with Gasteiger partial charge in [-0.2, -0.15) is 0 Å². The molecule has 5 nitrogen and oxygen atoms in total. The Kier molecular flexibility index (Phi) is 5.21. The number of methoxy groups -OCH3 is 1. The second-order valence-corrected chi connectivity index (χ2v) is 6.15. The third kappa shape index (κ3) is 3.69. The number of nitrogens with zero attached hydrogens (tertiary/aromatic N) is 1. The van der Waals surface area contributed by atoms with Crippen molar-refractivity contribution in [1.82, 2.24) is 0 Å². The zero-order valence-corrected chi connectivity index (χ0v) is 14.7. The number of hydrogen-bond donors (Lipinski definition) is 0. The number of fused-ring (bicyclic) bond motifs is 1. The Bertz CT molecular complexity index is 836. The molecular formula is C20H20FNO4. The van der Waals surface area contributed by atoms with E-state index in [9.17, 15) is 14.0 Å². The van der Waals surface area contributed by atoms with E-state index >= 15 is 0 Å². The maximum atomic E-state index is 13.7. The van der Waals surface area contributed by atoms with Gasteiger partial charge in [0.05, 0.1) is 13.5 Å². The summed E-state index contributed by atoms with van der Waals surface area (Å²) in [6.45, 7) is 2.12. The van der Waals surface area contributed by atoms with Crippen molar-refractivity contribution in [3.8, 4) is 5.75 Å². The Morgan fingerprint density at radius 3 is 2.73 bits per heavy atom. The van der Waals surface area contributed by atoms with Gasteiger partial charge in [-0.05, 0) is 42.7 Å². The fourth-order valence-corrected chi connectivity index (χ4v) is 3.06. The summed E-state index contributed by atoms with van der Waals surface area (Å²) in [5.41, 5.74) is 2.42. The third-order valence-electron chi connectivity index (χ3n) is 4.37. The molecule has 0 N–H and O–H groups in total. The molecule has 0 fully saturated rings. The SMILES string of the molecule is COc1ccc(CC(=O)O[C@@H](C)C(=O)N2CCc3ccccc32)cc1F. The fourth-order valence-electron chi connectivity index (χ4n) is 3.06. The number of esters is 1. The van der Waals surface area contributed by atoms with Crippen LogP contribution in [0.25, 0.3) is 0 Å². The lowest BCUT2D eigenvalue weighted by atomic mass is 10.1. The first kappa shape index (κ1) is 17.9. The van der Waals surface area contributed by atoms with Crippen molar-refractivity contribution in [2.75, 3.05) is 18.6 Å². The smallest absolute Gasteiger partial charge is 0.311 e. The zero-order valence-electron chi connectivity index (χ0n) is 14.7. The summed E-state index contributed by atoms with van der Waals surface area (Å²) in [7, 11) is 1.37. The average molecular weight is 357 g/mol. The number of carbonyl (C=O) groups excluding carboxylic acids is 2. The van der Waals surface area contributed by atoms with Crippen LogP contribution in [0.2, 0.25) is 0 Å². The van der Waals surface area contributed by atoms with E-state index in [0.29, 0.717) is 12.1 Å². The van der Waals surface area contributed by atoms with Gasteiger partial charge in [-0.15, -0.1) is 0 Å². The summed E-state index contributed by atoms with van der Waals surface area (Å²) >= 11 is 0. The lowest BCUT2D eigenvalue weighted by molar-refractivity contribution is -0.153. The van der Waals surface area contributed by atoms with Crippen molar-refractivity contribution in [2.45, 2.75) is 25.9 Å². The van der Waals surface area contributed by atoms with Gasteiger partial charge in [-0.1, -0.05) is 24.3 Å². The second kappa shape index (κ2) is 7.56. The highest BCUT2D eigenvalue weighted by Crippen LogP contribution is 2.28. The molecule has 0 saturated heterocycles. The molecule has 1 amide bonds. The Balaban J connectivity index is 1.61. The van der Waals surface area contributed by atoms with Crippen molar-refractivity contribution >= 4 is 17.6 Å². The molecular weight excluding hydrogens is 337 g/mol. The van der Waals surface area contributed by atoms with Gasteiger partial charge in [0, 0.05) is 12.2 Å². The number of amides is 1. The Hall–Kier alpha value is -2.89. The molecule has 1 aliphatic heterocycles. The van der Waals surface area contributed by atoms with Gasteiger partial charge in [0.25, 0.3) is 5.91 Å². The van der Waals surface area contributed by atoms with Crippen LogP contribution in [0.4, 0.5) is 10.1 Å². The predicted octanol–water partition coefficient (Wildman–Crippen LogP) is 2.90. The molecule has 0 saturated carbocycles. The van der Waals surface area contributed by atoms with Gasteiger partial charge in [-0.25, -0.2) is 4.39 Å². The van der Waals surface area contributed by atoms with Crippen LogP contribution in [-0.2, 0) is 27.2 Å². The minimum Gasteiger partial charge on any atom is -0.494 e. The average Bonchev–Trinajstić information content (AvgIpc) is 3.05. The first-order chi connectivity index (χ1) is 12.5. The molecule has 0 aliphatic carbocycles. The standard InChI is InChI=1S/C20H20FNO4/c1-13(20(24)22-10-9-15-5-3-4-6-17(15)22)26-19(23)12-14-7-8-18(25-2)16(21)11-14/h3-8,11,13H,9-10,12H2,1-2H3/t13-/m0/s1. The van der Waals surface area contributed by atoms with Gasteiger partial charge in [0.2, 0.25) is 0 Å². The molecule has 1 aliphatic rings. The van der Waals surface area contributed by atoms with Crippen molar-refractivity contribution in [3.63, 3.8) is 0 Å². The highest BCUT2D eigenvalue weighted by molar-refractivity contribution is 5.99. The summed E-state index contributed by atoms with van der Waals surface area (Å²) in [5.74, 6) is -1.28. The molecule has 0 spiro atoms. The van der Waals surface area contributed by atoms with Gasteiger partial charge < -0.3 is 14.4 Å². The monoisotopic (exact) mass is 357 g/mol. The van der Waals surface area contributed by atoms with E-state index < -0.39 is 17.9 Å². The van der Waals surface area contributed by atoms with Crippen LogP contribution in [0.1, 0.15) is 18.1 Å². The molecule has 1 heterocycles. The number of ether oxygens (including phenoxy) is 2. The van der Waals surface area contributed by atoms with Gasteiger partial charge in [0.1, 0.15) is 0 Å². The van der Waals surface area contributed by atoms with Crippen molar-refractivity contribution in [1.29, 1.82) is 0 Å². The largest absolute Gasteiger partial charge is 0.494 e. The molecule has 2 aromatic carbocycles. The lowest BCUT2D eigenvalue weighted by Crippen LogP contribution is -2.39. The van der Waals surface area contributed by atoms with Crippen LogP contribution in [0.5, 0.6) is 5.75 Å². The first-order valence-corrected chi connectivity index (χ1v) is 8.40. The van der Waals surface area contributed by atoms with E-state index in [0.717, 1.165) is 17.7 Å². The van der Waals surface area contributed by atoms with Crippen molar-refractivity contribution in [2.24, 2.45) is 0 Å². The van der Waals surface area contributed by atoms with E-state index in [1.165, 1.54) is 19.2 Å². The summed E-state index contributed by atoms with van der Waals surface area (Å²) in [5, 5.41) is 0. The molecule has 0 unspecified atom stereocenters. The minimum atomic E-state index is -0.906. The van der Waals surface area contributed by atoms with E-state index in [4.69, 9.17) is 9.47 Å². The van der Waals surface area contributed by atoms with E-state index in [2.05, 4.69) is 0 Å². The molecule has 0 bridgehead atoms. The van der Waals surface area contributed by atoms with Gasteiger partial charge in [0.15, 0.2) is 17.7 Å². The molecule has 26 heavy (non-hydrogen) atoms. The number of halogens is 1.